The number of carboxylic acids is 1. The van der Waals surface area contributed by atoms with Crippen LogP contribution < -0.4 is 0 Å². The molecule has 4 nitrogen and oxygen atoms in total. The number of hydrogen-bond acceptors (Lipinski definition) is 2. The molecule has 1 heterocycles. The smallest absolute Gasteiger partial charge is 0.305 e. The lowest BCUT2D eigenvalue weighted by molar-refractivity contribution is -0.137. The molecule has 2 rings (SSSR count). The van der Waals surface area contributed by atoms with Gasteiger partial charge in [-0.25, -0.2) is 4.98 Å². The number of hydrogen-bond donors (Lipinski definition) is 1. The molecule has 0 radical (unpaired) electrons. The number of rotatable bonds is 3. The van der Waals surface area contributed by atoms with E-state index in [-0.39, 0.29) is 6.42 Å². The van der Waals surface area contributed by atoms with E-state index in [1.807, 2.05) is 24.3 Å². The van der Waals surface area contributed by atoms with Crippen LogP contribution in [0.15, 0.2) is 24.3 Å². The highest BCUT2D eigenvalue weighted by atomic mass is 35.5. The molecular formula is C10H9ClN2O2. The van der Waals surface area contributed by atoms with Gasteiger partial charge in [0.2, 0.25) is 5.28 Å². The number of para-hydroxylation sites is 2. The van der Waals surface area contributed by atoms with Crippen molar-refractivity contribution >= 4 is 28.6 Å². The molecule has 0 bridgehead atoms. The zero-order valence-electron chi connectivity index (χ0n) is 7.85. The van der Waals surface area contributed by atoms with Crippen LogP contribution in [0.25, 0.3) is 11.0 Å². The van der Waals surface area contributed by atoms with E-state index in [1.54, 1.807) is 4.57 Å². The average molecular weight is 225 g/mol. The van der Waals surface area contributed by atoms with E-state index in [9.17, 15) is 4.79 Å². The maximum atomic E-state index is 10.5. The van der Waals surface area contributed by atoms with Crippen molar-refractivity contribution < 1.29 is 9.90 Å². The van der Waals surface area contributed by atoms with Gasteiger partial charge in [0.25, 0.3) is 0 Å². The second-order valence-electron chi connectivity index (χ2n) is 3.16. The van der Waals surface area contributed by atoms with Crippen molar-refractivity contribution in [2.24, 2.45) is 0 Å². The first kappa shape index (κ1) is 9.98. The number of fused-ring (bicyclic) bond motifs is 1. The molecule has 0 aliphatic rings. The van der Waals surface area contributed by atoms with Gasteiger partial charge in [0, 0.05) is 6.54 Å². The van der Waals surface area contributed by atoms with Crippen LogP contribution in [0.3, 0.4) is 0 Å². The molecule has 0 saturated heterocycles. The highest BCUT2D eigenvalue weighted by Crippen LogP contribution is 2.19. The van der Waals surface area contributed by atoms with Gasteiger partial charge < -0.3 is 9.67 Å². The summed E-state index contributed by atoms with van der Waals surface area (Å²) in [5, 5.41) is 8.93. The minimum absolute atomic E-state index is 0.0417. The highest BCUT2D eigenvalue weighted by molar-refractivity contribution is 6.29. The molecule has 0 amide bonds. The zero-order valence-corrected chi connectivity index (χ0v) is 8.61. The topological polar surface area (TPSA) is 55.1 Å². The Morgan fingerprint density at radius 1 is 1.47 bits per heavy atom. The van der Waals surface area contributed by atoms with E-state index in [4.69, 9.17) is 16.7 Å². The van der Waals surface area contributed by atoms with Crippen LogP contribution in [-0.4, -0.2) is 20.6 Å². The fraction of sp³-hybridized carbons (Fsp3) is 0.200. The first-order valence-electron chi connectivity index (χ1n) is 4.51. The van der Waals surface area contributed by atoms with E-state index >= 15 is 0 Å². The fourth-order valence-corrected chi connectivity index (χ4v) is 1.73. The number of imidazole rings is 1. The summed E-state index contributed by atoms with van der Waals surface area (Å²) in [7, 11) is 0. The molecule has 0 fully saturated rings. The van der Waals surface area contributed by atoms with Gasteiger partial charge in [-0.2, -0.15) is 0 Å². The maximum absolute atomic E-state index is 10.5. The number of halogens is 1. The summed E-state index contributed by atoms with van der Waals surface area (Å²) < 4.78 is 1.70. The molecule has 5 heteroatoms. The Hall–Kier alpha value is -1.55. The summed E-state index contributed by atoms with van der Waals surface area (Å²) in [4.78, 5) is 14.6. The molecule has 0 aliphatic carbocycles. The number of aryl methyl sites for hydroxylation is 1. The number of nitrogens with zero attached hydrogens (tertiary/aromatic N) is 2. The monoisotopic (exact) mass is 224 g/mol. The zero-order chi connectivity index (χ0) is 10.8. The van der Waals surface area contributed by atoms with Crippen LogP contribution in [0.1, 0.15) is 6.42 Å². The van der Waals surface area contributed by atoms with Gasteiger partial charge in [0.1, 0.15) is 0 Å². The van der Waals surface area contributed by atoms with E-state index in [0.717, 1.165) is 11.0 Å². The predicted octanol–water partition coefficient (Wildman–Crippen LogP) is 2.16. The molecule has 0 atom stereocenters. The molecule has 0 spiro atoms. The molecule has 78 valence electrons. The number of carbonyl (C=O) groups is 1. The second kappa shape index (κ2) is 3.90. The third-order valence-corrected chi connectivity index (χ3v) is 2.45. The average Bonchev–Trinajstić information content (AvgIpc) is 2.50. The predicted molar refractivity (Wildman–Crippen MR) is 57.0 cm³/mol. The molecule has 0 aliphatic heterocycles. The van der Waals surface area contributed by atoms with E-state index in [2.05, 4.69) is 4.98 Å². The van der Waals surface area contributed by atoms with Gasteiger partial charge >= 0.3 is 5.97 Å². The SMILES string of the molecule is O=C(O)CCn1c(Cl)nc2ccccc21. The first-order valence-corrected chi connectivity index (χ1v) is 4.89. The number of benzene rings is 1. The first-order chi connectivity index (χ1) is 7.18. The normalized spacial score (nSPS) is 10.7. The number of aromatic nitrogens is 2. The van der Waals surface area contributed by atoms with Gasteiger partial charge in [0.05, 0.1) is 17.5 Å². The highest BCUT2D eigenvalue weighted by Gasteiger charge is 2.08. The lowest BCUT2D eigenvalue weighted by Gasteiger charge is -2.02. The summed E-state index contributed by atoms with van der Waals surface area (Å²) in [5.41, 5.74) is 1.65. The molecule has 1 aromatic carbocycles. The third-order valence-electron chi connectivity index (χ3n) is 2.16. The van der Waals surface area contributed by atoms with Crippen LogP contribution in [0.5, 0.6) is 0 Å². The van der Waals surface area contributed by atoms with Crippen molar-refractivity contribution in [2.75, 3.05) is 0 Å². The largest absolute Gasteiger partial charge is 0.481 e. The fourth-order valence-electron chi connectivity index (χ4n) is 1.47. The standard InChI is InChI=1S/C10H9ClN2O2/c11-10-12-7-3-1-2-4-8(7)13(10)6-5-9(14)15/h1-4H,5-6H2,(H,14,15). The van der Waals surface area contributed by atoms with Crippen LogP contribution in [-0.2, 0) is 11.3 Å². The van der Waals surface area contributed by atoms with E-state index < -0.39 is 5.97 Å². The van der Waals surface area contributed by atoms with Crippen molar-refractivity contribution in [3.8, 4) is 0 Å². The Bertz CT molecular complexity index is 507. The molecule has 15 heavy (non-hydrogen) atoms. The van der Waals surface area contributed by atoms with Crippen LogP contribution in [0.4, 0.5) is 0 Å². The Morgan fingerprint density at radius 2 is 2.20 bits per heavy atom. The lowest BCUT2D eigenvalue weighted by atomic mass is 10.3. The summed E-state index contributed by atoms with van der Waals surface area (Å²) in [6.45, 7) is 0.342. The van der Waals surface area contributed by atoms with E-state index in [1.165, 1.54) is 0 Å². The van der Waals surface area contributed by atoms with Gasteiger partial charge in [0.15, 0.2) is 0 Å². The van der Waals surface area contributed by atoms with Crippen molar-refractivity contribution in [3.05, 3.63) is 29.5 Å². The Labute approximate surface area is 91.1 Å². The Balaban J connectivity index is 2.40. The van der Waals surface area contributed by atoms with Gasteiger partial charge in [-0.3, -0.25) is 4.79 Å². The quantitative estimate of drug-likeness (QED) is 0.869. The van der Waals surface area contributed by atoms with Gasteiger partial charge in [-0.15, -0.1) is 0 Å². The molecule has 1 aromatic heterocycles. The van der Waals surface area contributed by atoms with E-state index in [0.29, 0.717) is 11.8 Å². The summed E-state index contributed by atoms with van der Waals surface area (Å²) in [6.07, 6.45) is 0.0417. The summed E-state index contributed by atoms with van der Waals surface area (Å²) in [6, 6.07) is 7.46. The van der Waals surface area contributed by atoms with Crippen molar-refractivity contribution in [1.29, 1.82) is 0 Å². The lowest BCUT2D eigenvalue weighted by Crippen LogP contribution is -2.04. The summed E-state index contributed by atoms with van der Waals surface area (Å²) in [5.74, 6) is -0.844. The maximum Gasteiger partial charge on any atom is 0.305 e. The minimum atomic E-state index is -0.844. The number of aliphatic carboxylic acids is 1. The molecular weight excluding hydrogens is 216 g/mol. The molecule has 2 aromatic rings. The minimum Gasteiger partial charge on any atom is -0.481 e. The van der Waals surface area contributed by atoms with Crippen LogP contribution >= 0.6 is 11.6 Å². The Kier molecular flexibility index (Phi) is 2.60. The summed E-state index contributed by atoms with van der Waals surface area (Å²) >= 11 is 5.91. The second-order valence-corrected chi connectivity index (χ2v) is 3.50. The van der Waals surface area contributed by atoms with Crippen molar-refractivity contribution in [1.82, 2.24) is 9.55 Å². The van der Waals surface area contributed by atoms with Crippen molar-refractivity contribution in [3.63, 3.8) is 0 Å². The number of carboxylic acid groups (broad SMARTS) is 1. The van der Waals surface area contributed by atoms with Crippen LogP contribution in [0.2, 0.25) is 5.28 Å². The molecule has 0 saturated carbocycles. The Morgan fingerprint density at radius 3 is 2.93 bits per heavy atom. The molecule has 1 N–H and O–H groups in total. The third kappa shape index (κ3) is 1.94. The van der Waals surface area contributed by atoms with Gasteiger partial charge in [-0.1, -0.05) is 12.1 Å². The molecule has 0 unspecified atom stereocenters. The van der Waals surface area contributed by atoms with Crippen molar-refractivity contribution in [2.45, 2.75) is 13.0 Å². The van der Waals surface area contributed by atoms with Crippen LogP contribution in [0, 0.1) is 0 Å². The van der Waals surface area contributed by atoms with Gasteiger partial charge in [-0.05, 0) is 23.7 Å².